The summed E-state index contributed by atoms with van der Waals surface area (Å²) in [5.74, 6) is -0.593. The highest BCUT2D eigenvalue weighted by Gasteiger charge is 2.30. The molecule has 0 saturated carbocycles. The molecule has 0 aliphatic carbocycles. The molecule has 0 bridgehead atoms. The van der Waals surface area contributed by atoms with Gasteiger partial charge in [0.15, 0.2) is 5.65 Å². The van der Waals surface area contributed by atoms with Gasteiger partial charge in [-0.3, -0.25) is 4.79 Å². The van der Waals surface area contributed by atoms with Gasteiger partial charge in [0.1, 0.15) is 6.54 Å². The number of pyridine rings is 1. The standard InChI is InChI=1S/C23H17F5N4O/c1-13-20-17(21(24)25)11-18(14-5-3-2-4-6-14)30-22(20)32(31-13)12-19(33)29-16-9-7-15(8-10-16)23(26,27)28/h2-11,21H,12H2,1H3,(H,29,33). The predicted octanol–water partition coefficient (Wildman–Crippen LogP) is 6.00. The summed E-state index contributed by atoms with van der Waals surface area (Å²) in [7, 11) is 0. The van der Waals surface area contributed by atoms with E-state index < -0.39 is 24.1 Å². The highest BCUT2D eigenvalue weighted by Crippen LogP contribution is 2.33. The van der Waals surface area contributed by atoms with Crippen LogP contribution in [0.1, 0.15) is 23.2 Å². The van der Waals surface area contributed by atoms with Gasteiger partial charge in [0.2, 0.25) is 5.91 Å². The van der Waals surface area contributed by atoms with Crippen LogP contribution in [0.5, 0.6) is 0 Å². The molecule has 4 rings (SSSR count). The van der Waals surface area contributed by atoms with E-state index in [1.54, 1.807) is 37.3 Å². The lowest BCUT2D eigenvalue weighted by molar-refractivity contribution is -0.137. The minimum atomic E-state index is -4.49. The third-order valence-electron chi connectivity index (χ3n) is 5.00. The zero-order chi connectivity index (χ0) is 23.8. The maximum Gasteiger partial charge on any atom is 0.416 e. The second-order valence-electron chi connectivity index (χ2n) is 7.33. The topological polar surface area (TPSA) is 59.8 Å². The zero-order valence-electron chi connectivity index (χ0n) is 17.2. The Morgan fingerprint density at radius 2 is 1.73 bits per heavy atom. The number of benzene rings is 2. The van der Waals surface area contributed by atoms with Gasteiger partial charge in [-0.2, -0.15) is 18.3 Å². The number of fused-ring (bicyclic) bond motifs is 1. The van der Waals surface area contributed by atoms with E-state index in [-0.39, 0.29) is 34.5 Å². The van der Waals surface area contributed by atoms with Crippen LogP contribution in [-0.2, 0) is 17.5 Å². The first-order valence-corrected chi connectivity index (χ1v) is 9.82. The number of carbonyl (C=O) groups is 1. The molecule has 1 amide bonds. The van der Waals surface area contributed by atoms with Crippen LogP contribution in [-0.4, -0.2) is 20.7 Å². The molecule has 0 atom stereocenters. The van der Waals surface area contributed by atoms with Crippen molar-refractivity contribution in [1.29, 1.82) is 0 Å². The van der Waals surface area contributed by atoms with Crippen molar-refractivity contribution in [3.63, 3.8) is 0 Å². The molecular formula is C23H17F5N4O. The van der Waals surface area contributed by atoms with Crippen LogP contribution < -0.4 is 5.32 Å². The zero-order valence-corrected chi connectivity index (χ0v) is 17.2. The van der Waals surface area contributed by atoms with Gasteiger partial charge in [0, 0.05) is 16.8 Å². The molecule has 0 spiro atoms. The second-order valence-corrected chi connectivity index (χ2v) is 7.33. The summed E-state index contributed by atoms with van der Waals surface area (Å²) in [6.07, 6.45) is -7.27. The Balaban J connectivity index is 1.66. The molecule has 2 aromatic carbocycles. The average molecular weight is 460 g/mol. The normalized spacial score (nSPS) is 11.8. The van der Waals surface area contributed by atoms with Crippen molar-refractivity contribution in [3.8, 4) is 11.3 Å². The highest BCUT2D eigenvalue weighted by molar-refractivity contribution is 5.92. The number of rotatable bonds is 5. The molecule has 1 N–H and O–H groups in total. The van der Waals surface area contributed by atoms with Crippen molar-refractivity contribution in [2.24, 2.45) is 0 Å². The third-order valence-corrected chi connectivity index (χ3v) is 5.00. The minimum absolute atomic E-state index is 0.117. The Hall–Kier alpha value is -3.82. The van der Waals surface area contributed by atoms with E-state index in [1.165, 1.54) is 10.7 Å². The van der Waals surface area contributed by atoms with Gasteiger partial charge in [0.05, 0.1) is 22.3 Å². The van der Waals surface area contributed by atoms with Crippen LogP contribution >= 0.6 is 0 Å². The van der Waals surface area contributed by atoms with Crippen LogP contribution in [0.25, 0.3) is 22.3 Å². The first-order chi connectivity index (χ1) is 15.6. The van der Waals surface area contributed by atoms with Gasteiger partial charge in [-0.05, 0) is 37.3 Å². The van der Waals surface area contributed by atoms with Gasteiger partial charge in [-0.25, -0.2) is 18.4 Å². The summed E-state index contributed by atoms with van der Waals surface area (Å²) in [5, 5.41) is 6.85. The summed E-state index contributed by atoms with van der Waals surface area (Å²) in [5.41, 5.74) is 0.412. The Morgan fingerprint density at radius 1 is 1.06 bits per heavy atom. The van der Waals surface area contributed by atoms with E-state index >= 15 is 0 Å². The number of aryl methyl sites for hydroxylation is 1. The van der Waals surface area contributed by atoms with Gasteiger partial charge < -0.3 is 5.32 Å². The second kappa shape index (κ2) is 8.61. The fourth-order valence-corrected chi connectivity index (χ4v) is 3.50. The summed E-state index contributed by atoms with van der Waals surface area (Å²) >= 11 is 0. The van der Waals surface area contributed by atoms with Gasteiger partial charge in [0.25, 0.3) is 6.43 Å². The summed E-state index contributed by atoms with van der Waals surface area (Å²) in [6.45, 7) is 1.18. The Bertz CT molecular complexity index is 1300. The number of amides is 1. The van der Waals surface area contributed by atoms with E-state index in [1.807, 2.05) is 0 Å². The Labute approximate surface area is 184 Å². The summed E-state index contributed by atoms with van der Waals surface area (Å²) < 4.78 is 67.0. The molecule has 2 aromatic heterocycles. The quantitative estimate of drug-likeness (QED) is 0.372. The van der Waals surface area contributed by atoms with E-state index in [9.17, 15) is 26.7 Å². The van der Waals surface area contributed by atoms with Crippen molar-refractivity contribution >= 4 is 22.6 Å². The molecule has 5 nitrogen and oxygen atoms in total. The number of nitrogens with zero attached hydrogens (tertiary/aromatic N) is 3. The Morgan fingerprint density at radius 3 is 2.33 bits per heavy atom. The van der Waals surface area contributed by atoms with Crippen LogP contribution in [0.3, 0.4) is 0 Å². The molecule has 0 saturated heterocycles. The SMILES string of the molecule is Cc1nn(CC(=O)Nc2ccc(C(F)(F)F)cc2)c2nc(-c3ccccc3)cc(C(F)F)c12. The van der Waals surface area contributed by atoms with Crippen LogP contribution in [0.15, 0.2) is 60.7 Å². The lowest BCUT2D eigenvalue weighted by atomic mass is 10.1. The maximum atomic E-state index is 13.8. The van der Waals surface area contributed by atoms with Crippen LogP contribution in [0, 0.1) is 6.92 Å². The molecule has 4 aromatic rings. The van der Waals surface area contributed by atoms with Gasteiger partial charge in [-0.15, -0.1) is 0 Å². The lowest BCUT2D eigenvalue weighted by Crippen LogP contribution is -2.20. The van der Waals surface area contributed by atoms with E-state index in [0.29, 0.717) is 11.3 Å². The lowest BCUT2D eigenvalue weighted by Gasteiger charge is -2.10. The van der Waals surface area contributed by atoms with Gasteiger partial charge >= 0.3 is 6.18 Å². The highest BCUT2D eigenvalue weighted by atomic mass is 19.4. The molecule has 170 valence electrons. The molecule has 10 heteroatoms. The van der Waals surface area contributed by atoms with Crippen molar-refractivity contribution in [3.05, 3.63) is 77.5 Å². The molecular weight excluding hydrogens is 443 g/mol. The Kier molecular flexibility index (Phi) is 5.84. The number of alkyl halides is 5. The monoisotopic (exact) mass is 460 g/mol. The maximum absolute atomic E-state index is 13.8. The molecule has 0 fully saturated rings. The van der Waals surface area contributed by atoms with Crippen molar-refractivity contribution in [2.75, 3.05) is 5.32 Å². The van der Waals surface area contributed by atoms with Crippen molar-refractivity contribution in [2.45, 2.75) is 26.1 Å². The first kappa shape index (κ1) is 22.4. The van der Waals surface area contributed by atoms with E-state index in [4.69, 9.17) is 0 Å². The summed E-state index contributed by atoms with van der Waals surface area (Å²) in [4.78, 5) is 17.0. The number of nitrogens with one attached hydrogen (secondary N) is 1. The van der Waals surface area contributed by atoms with Crippen molar-refractivity contribution in [1.82, 2.24) is 14.8 Å². The molecule has 0 unspecified atom stereocenters. The molecule has 2 heterocycles. The number of halogens is 5. The number of hydrogen-bond donors (Lipinski definition) is 1. The first-order valence-electron chi connectivity index (χ1n) is 9.82. The molecule has 0 radical (unpaired) electrons. The minimum Gasteiger partial charge on any atom is -0.324 e. The number of carbonyl (C=O) groups excluding carboxylic acids is 1. The van der Waals surface area contributed by atoms with E-state index in [0.717, 1.165) is 24.3 Å². The van der Waals surface area contributed by atoms with Crippen LogP contribution in [0.2, 0.25) is 0 Å². The fraction of sp³-hybridized carbons (Fsp3) is 0.174. The molecule has 0 aliphatic heterocycles. The van der Waals surface area contributed by atoms with E-state index in [2.05, 4.69) is 15.4 Å². The van der Waals surface area contributed by atoms with Gasteiger partial charge in [-0.1, -0.05) is 30.3 Å². The molecule has 33 heavy (non-hydrogen) atoms. The smallest absolute Gasteiger partial charge is 0.324 e. The predicted molar refractivity (Wildman–Crippen MR) is 113 cm³/mol. The third kappa shape index (κ3) is 4.69. The number of aromatic nitrogens is 3. The average Bonchev–Trinajstić information content (AvgIpc) is 3.08. The van der Waals surface area contributed by atoms with Crippen molar-refractivity contribution < 1.29 is 26.7 Å². The fourth-order valence-electron chi connectivity index (χ4n) is 3.50. The number of hydrogen-bond acceptors (Lipinski definition) is 3. The molecule has 0 aliphatic rings. The largest absolute Gasteiger partial charge is 0.416 e. The van der Waals surface area contributed by atoms with Crippen LogP contribution in [0.4, 0.5) is 27.6 Å². The summed E-state index contributed by atoms with van der Waals surface area (Å²) in [6, 6.07) is 14.0. The number of anilines is 1.